The number of aromatic nitrogens is 1. The van der Waals surface area contributed by atoms with Crippen molar-refractivity contribution in [1.29, 1.82) is 5.26 Å². The number of anilines is 1. The zero-order chi connectivity index (χ0) is 19.4. The van der Waals surface area contributed by atoms with E-state index in [1.54, 1.807) is 12.1 Å². The number of pyridine rings is 1. The fourth-order valence-electron chi connectivity index (χ4n) is 2.89. The Morgan fingerprint density at radius 2 is 1.85 bits per heavy atom. The summed E-state index contributed by atoms with van der Waals surface area (Å²) in [4.78, 5) is 15.2. The smallest absolute Gasteiger partial charge is 0.270 e. The third kappa shape index (κ3) is 3.61. The monoisotopic (exact) mass is 376 g/mol. The van der Waals surface area contributed by atoms with Crippen LogP contribution in [0.25, 0.3) is 22.3 Å². The Balaban J connectivity index is 2.40. The molecule has 0 aliphatic rings. The topological polar surface area (TPSA) is 106 Å². The van der Waals surface area contributed by atoms with Gasteiger partial charge >= 0.3 is 0 Å². The molecular formula is C20H16N4O2S. The van der Waals surface area contributed by atoms with E-state index in [4.69, 9.17) is 5.73 Å². The number of nitrogens with two attached hydrogens (primary N) is 1. The fourth-order valence-corrected chi connectivity index (χ4v) is 3.62. The van der Waals surface area contributed by atoms with Crippen LogP contribution in [-0.4, -0.2) is 15.7 Å². The SMILES string of the molecule is CCSc1nc(N)c(-c2ccccc2)c(-c2cccc([N+](=O)[O-])c2)c1C#N. The molecule has 0 aliphatic heterocycles. The zero-order valence-electron chi connectivity index (χ0n) is 14.5. The number of nitro groups is 1. The van der Waals surface area contributed by atoms with Gasteiger partial charge in [0.25, 0.3) is 5.69 Å². The molecule has 3 rings (SSSR count). The second kappa shape index (κ2) is 7.89. The van der Waals surface area contributed by atoms with Crippen molar-refractivity contribution in [2.24, 2.45) is 0 Å². The van der Waals surface area contributed by atoms with E-state index in [-0.39, 0.29) is 11.5 Å². The van der Waals surface area contributed by atoms with Gasteiger partial charge in [0.2, 0.25) is 0 Å². The average Bonchev–Trinajstić information content (AvgIpc) is 2.68. The molecule has 0 unspecified atom stereocenters. The van der Waals surface area contributed by atoms with Gasteiger partial charge in [-0.05, 0) is 16.9 Å². The Kier molecular flexibility index (Phi) is 5.38. The summed E-state index contributed by atoms with van der Waals surface area (Å²) < 4.78 is 0. The molecule has 6 nitrogen and oxygen atoms in total. The summed E-state index contributed by atoms with van der Waals surface area (Å²) in [6.45, 7) is 1.96. The van der Waals surface area contributed by atoms with Crippen LogP contribution in [0.5, 0.6) is 0 Å². The number of non-ortho nitro benzene ring substituents is 1. The fraction of sp³-hybridized carbons (Fsp3) is 0.100. The van der Waals surface area contributed by atoms with E-state index in [9.17, 15) is 15.4 Å². The van der Waals surface area contributed by atoms with Crippen LogP contribution in [0.2, 0.25) is 0 Å². The minimum atomic E-state index is -0.454. The Hall–Kier alpha value is -3.37. The van der Waals surface area contributed by atoms with Crippen molar-refractivity contribution in [3.8, 4) is 28.3 Å². The second-order valence-electron chi connectivity index (χ2n) is 5.65. The van der Waals surface area contributed by atoms with Crippen LogP contribution in [0.3, 0.4) is 0 Å². The van der Waals surface area contributed by atoms with Gasteiger partial charge in [-0.25, -0.2) is 4.98 Å². The predicted octanol–water partition coefficient (Wildman–Crippen LogP) is 4.89. The van der Waals surface area contributed by atoms with Gasteiger partial charge in [-0.1, -0.05) is 49.4 Å². The number of benzene rings is 2. The Bertz CT molecular complexity index is 1050. The number of thioether (sulfide) groups is 1. The second-order valence-corrected chi connectivity index (χ2v) is 6.90. The first-order chi connectivity index (χ1) is 13.1. The number of nitro benzene ring substituents is 1. The van der Waals surface area contributed by atoms with Crippen molar-refractivity contribution in [3.63, 3.8) is 0 Å². The molecular weight excluding hydrogens is 360 g/mol. The highest BCUT2D eigenvalue weighted by molar-refractivity contribution is 7.99. The van der Waals surface area contributed by atoms with Crippen LogP contribution in [0, 0.1) is 21.4 Å². The van der Waals surface area contributed by atoms with Crippen molar-refractivity contribution in [2.45, 2.75) is 11.9 Å². The van der Waals surface area contributed by atoms with E-state index in [0.717, 1.165) is 11.3 Å². The first kappa shape index (κ1) is 18.4. The molecule has 0 saturated heterocycles. The van der Waals surface area contributed by atoms with Gasteiger partial charge in [-0.3, -0.25) is 10.1 Å². The normalized spacial score (nSPS) is 10.4. The van der Waals surface area contributed by atoms with E-state index in [1.807, 2.05) is 37.3 Å². The van der Waals surface area contributed by atoms with Crippen molar-refractivity contribution in [2.75, 3.05) is 11.5 Å². The summed E-state index contributed by atoms with van der Waals surface area (Å²) in [6, 6.07) is 17.8. The standard InChI is InChI=1S/C20H16N4O2S/c1-2-27-20-16(12-21)17(14-9-6-10-15(11-14)24(25)26)18(19(22)23-20)13-7-4-3-5-8-13/h3-11H,2H2,1H3,(H2,22,23). The van der Waals surface area contributed by atoms with Gasteiger partial charge in [0, 0.05) is 23.3 Å². The van der Waals surface area contributed by atoms with E-state index in [0.29, 0.717) is 27.3 Å². The molecule has 0 atom stereocenters. The summed E-state index contributed by atoms with van der Waals surface area (Å²) in [6.07, 6.45) is 0. The highest BCUT2D eigenvalue weighted by Gasteiger charge is 2.22. The lowest BCUT2D eigenvalue weighted by atomic mass is 9.92. The quantitative estimate of drug-likeness (QED) is 0.386. The first-order valence-corrected chi connectivity index (χ1v) is 9.22. The van der Waals surface area contributed by atoms with Crippen LogP contribution in [0.15, 0.2) is 59.6 Å². The summed E-state index contributed by atoms with van der Waals surface area (Å²) >= 11 is 1.42. The number of nitrogens with zero attached hydrogens (tertiary/aromatic N) is 3. The summed E-state index contributed by atoms with van der Waals surface area (Å²) in [5, 5.41) is 21.6. The van der Waals surface area contributed by atoms with Crippen LogP contribution in [0.1, 0.15) is 12.5 Å². The van der Waals surface area contributed by atoms with Crippen molar-refractivity contribution >= 4 is 23.3 Å². The van der Waals surface area contributed by atoms with Crippen LogP contribution < -0.4 is 5.73 Å². The van der Waals surface area contributed by atoms with Crippen LogP contribution >= 0.6 is 11.8 Å². The van der Waals surface area contributed by atoms with E-state index in [2.05, 4.69) is 11.1 Å². The van der Waals surface area contributed by atoms with E-state index < -0.39 is 4.92 Å². The van der Waals surface area contributed by atoms with Gasteiger partial charge in [0.05, 0.1) is 10.5 Å². The highest BCUT2D eigenvalue weighted by Crippen LogP contribution is 2.42. The van der Waals surface area contributed by atoms with Gasteiger partial charge in [0.15, 0.2) is 0 Å². The summed E-state index contributed by atoms with van der Waals surface area (Å²) in [5.41, 5.74) is 9.13. The predicted molar refractivity (Wildman–Crippen MR) is 107 cm³/mol. The molecule has 0 radical (unpaired) electrons. The van der Waals surface area contributed by atoms with Crippen molar-refractivity contribution in [3.05, 3.63) is 70.3 Å². The van der Waals surface area contributed by atoms with Gasteiger partial charge < -0.3 is 5.73 Å². The van der Waals surface area contributed by atoms with Gasteiger partial charge in [-0.2, -0.15) is 5.26 Å². The van der Waals surface area contributed by atoms with Crippen LogP contribution in [-0.2, 0) is 0 Å². The number of hydrogen-bond acceptors (Lipinski definition) is 6. The van der Waals surface area contributed by atoms with E-state index in [1.165, 1.54) is 23.9 Å². The molecule has 134 valence electrons. The first-order valence-electron chi connectivity index (χ1n) is 8.23. The third-order valence-electron chi connectivity index (χ3n) is 3.99. The lowest BCUT2D eigenvalue weighted by Gasteiger charge is -2.17. The number of rotatable bonds is 5. The van der Waals surface area contributed by atoms with Crippen molar-refractivity contribution in [1.82, 2.24) is 4.98 Å². The molecule has 0 spiro atoms. The molecule has 3 aromatic rings. The largest absolute Gasteiger partial charge is 0.383 e. The van der Waals surface area contributed by atoms with Gasteiger partial charge in [-0.15, -0.1) is 11.8 Å². The Morgan fingerprint density at radius 3 is 2.48 bits per heavy atom. The van der Waals surface area contributed by atoms with Crippen LogP contribution in [0.4, 0.5) is 11.5 Å². The van der Waals surface area contributed by atoms with Gasteiger partial charge in [0.1, 0.15) is 16.9 Å². The minimum Gasteiger partial charge on any atom is -0.383 e. The Morgan fingerprint density at radius 1 is 1.15 bits per heavy atom. The molecule has 0 bridgehead atoms. The third-order valence-corrected chi connectivity index (χ3v) is 4.85. The molecule has 0 aliphatic carbocycles. The summed E-state index contributed by atoms with van der Waals surface area (Å²) in [5.74, 6) is 1.01. The van der Waals surface area contributed by atoms with Crippen molar-refractivity contribution < 1.29 is 4.92 Å². The maximum atomic E-state index is 11.2. The molecule has 1 heterocycles. The van der Waals surface area contributed by atoms with E-state index >= 15 is 0 Å². The number of nitrogen functional groups attached to an aromatic ring is 1. The molecule has 1 aromatic heterocycles. The molecule has 0 saturated carbocycles. The minimum absolute atomic E-state index is 0.0459. The Labute approximate surface area is 160 Å². The highest BCUT2D eigenvalue weighted by atomic mass is 32.2. The number of nitriles is 1. The number of hydrogen-bond donors (Lipinski definition) is 1. The summed E-state index contributed by atoms with van der Waals surface area (Å²) in [7, 11) is 0. The lowest BCUT2D eigenvalue weighted by molar-refractivity contribution is -0.384. The average molecular weight is 376 g/mol. The molecule has 27 heavy (non-hydrogen) atoms. The molecule has 2 aromatic carbocycles. The zero-order valence-corrected chi connectivity index (χ0v) is 15.4. The maximum absolute atomic E-state index is 11.2. The molecule has 0 fully saturated rings. The molecule has 0 amide bonds. The molecule has 2 N–H and O–H groups in total. The lowest BCUT2D eigenvalue weighted by Crippen LogP contribution is -2.03. The maximum Gasteiger partial charge on any atom is 0.270 e. The molecule has 7 heteroatoms.